The summed E-state index contributed by atoms with van der Waals surface area (Å²) in [6, 6.07) is 11.1. The minimum atomic E-state index is 0.0137. The van der Waals surface area contributed by atoms with Crippen molar-refractivity contribution >= 4 is 28.7 Å². The first-order valence-corrected chi connectivity index (χ1v) is 8.81. The van der Waals surface area contributed by atoms with Gasteiger partial charge in [-0.15, -0.1) is 0 Å². The number of hydrogen-bond donors (Lipinski definition) is 0. The maximum Gasteiger partial charge on any atom is 0.255 e. The number of likely N-dealkylation sites (tertiary alicyclic amines) is 1. The molecule has 3 heterocycles. The summed E-state index contributed by atoms with van der Waals surface area (Å²) in [7, 11) is 2.00. The normalized spacial score (nSPS) is 17.4. The Labute approximate surface area is 151 Å². The van der Waals surface area contributed by atoms with Crippen molar-refractivity contribution in [3.63, 3.8) is 0 Å². The van der Waals surface area contributed by atoms with Gasteiger partial charge in [0.2, 0.25) is 0 Å². The summed E-state index contributed by atoms with van der Waals surface area (Å²) in [5.41, 5.74) is 2.40. The maximum absolute atomic E-state index is 12.7. The second-order valence-corrected chi connectivity index (χ2v) is 6.93. The van der Waals surface area contributed by atoms with E-state index in [0.29, 0.717) is 16.5 Å². The lowest BCUT2D eigenvalue weighted by Crippen LogP contribution is -2.29. The Morgan fingerprint density at radius 2 is 2.12 bits per heavy atom. The van der Waals surface area contributed by atoms with E-state index in [0.717, 1.165) is 42.9 Å². The van der Waals surface area contributed by atoms with Crippen molar-refractivity contribution in [1.29, 1.82) is 0 Å². The van der Waals surface area contributed by atoms with E-state index in [9.17, 15) is 4.79 Å². The quantitative estimate of drug-likeness (QED) is 0.725. The molecule has 0 radical (unpaired) electrons. The Balaban J connectivity index is 1.48. The van der Waals surface area contributed by atoms with E-state index in [4.69, 9.17) is 16.6 Å². The molecule has 1 aliphatic rings. The van der Waals surface area contributed by atoms with Crippen LogP contribution in [0.5, 0.6) is 0 Å². The molecule has 1 fully saturated rings. The molecule has 128 valence electrons. The number of amides is 1. The van der Waals surface area contributed by atoms with Crippen molar-refractivity contribution in [2.24, 2.45) is 13.0 Å². The van der Waals surface area contributed by atoms with Crippen LogP contribution in [-0.2, 0) is 13.5 Å². The van der Waals surface area contributed by atoms with E-state index < -0.39 is 0 Å². The molecule has 6 heteroatoms. The summed E-state index contributed by atoms with van der Waals surface area (Å²) in [5, 5.41) is 0.511. The van der Waals surface area contributed by atoms with Crippen LogP contribution in [0.2, 0.25) is 5.02 Å². The minimum Gasteiger partial charge on any atom is -0.338 e. The van der Waals surface area contributed by atoms with Gasteiger partial charge >= 0.3 is 0 Å². The molecular weight excluding hydrogens is 336 g/mol. The molecule has 1 saturated heterocycles. The van der Waals surface area contributed by atoms with Gasteiger partial charge in [-0.25, -0.2) is 9.97 Å². The van der Waals surface area contributed by atoms with Crippen LogP contribution in [0.4, 0.5) is 0 Å². The second kappa shape index (κ2) is 6.48. The SMILES string of the molecule is Cn1c(CC2CCN(C(=O)c3ccccc3Cl)C2)nc2cccnc21. The highest BCUT2D eigenvalue weighted by Gasteiger charge is 2.29. The Hall–Kier alpha value is -2.40. The van der Waals surface area contributed by atoms with Crippen LogP contribution in [0.15, 0.2) is 42.6 Å². The summed E-state index contributed by atoms with van der Waals surface area (Å²) in [5.74, 6) is 1.44. The maximum atomic E-state index is 12.7. The fourth-order valence-corrected chi connectivity index (χ4v) is 3.72. The van der Waals surface area contributed by atoms with Gasteiger partial charge in [-0.1, -0.05) is 23.7 Å². The molecular formula is C19H19ClN4O. The number of pyridine rings is 1. The number of imidazole rings is 1. The standard InChI is InChI=1S/C19H19ClN4O/c1-23-17(22-16-7-4-9-21-18(16)23)11-13-8-10-24(12-13)19(25)14-5-2-3-6-15(14)20/h2-7,9,13H,8,10-12H2,1H3. The summed E-state index contributed by atoms with van der Waals surface area (Å²) in [4.78, 5) is 23.7. The molecule has 1 aliphatic heterocycles. The molecule has 0 N–H and O–H groups in total. The number of halogens is 1. The molecule has 5 nitrogen and oxygen atoms in total. The summed E-state index contributed by atoms with van der Waals surface area (Å²) < 4.78 is 2.05. The van der Waals surface area contributed by atoms with Gasteiger partial charge in [0, 0.05) is 32.8 Å². The third-order valence-electron chi connectivity index (χ3n) is 4.87. The van der Waals surface area contributed by atoms with Crippen molar-refractivity contribution in [3.05, 3.63) is 59.0 Å². The number of aromatic nitrogens is 3. The number of fused-ring (bicyclic) bond motifs is 1. The lowest BCUT2D eigenvalue weighted by atomic mass is 10.0. The highest BCUT2D eigenvalue weighted by Crippen LogP contribution is 2.25. The van der Waals surface area contributed by atoms with Crippen LogP contribution >= 0.6 is 11.6 Å². The van der Waals surface area contributed by atoms with E-state index in [1.807, 2.05) is 40.8 Å². The monoisotopic (exact) mass is 354 g/mol. The minimum absolute atomic E-state index is 0.0137. The summed E-state index contributed by atoms with van der Waals surface area (Å²) in [6.07, 6.45) is 3.61. The van der Waals surface area contributed by atoms with Crippen LogP contribution < -0.4 is 0 Å². The predicted octanol–water partition coefficient (Wildman–Crippen LogP) is 3.33. The first-order chi connectivity index (χ1) is 12.1. The topological polar surface area (TPSA) is 51.0 Å². The largest absolute Gasteiger partial charge is 0.338 e. The van der Waals surface area contributed by atoms with Crippen LogP contribution in [0, 0.1) is 5.92 Å². The third kappa shape index (κ3) is 3.00. The Bertz CT molecular complexity index is 936. The van der Waals surface area contributed by atoms with Gasteiger partial charge < -0.3 is 9.47 Å². The Morgan fingerprint density at radius 3 is 2.92 bits per heavy atom. The molecule has 1 unspecified atom stereocenters. The van der Waals surface area contributed by atoms with Gasteiger partial charge in [0.05, 0.1) is 10.6 Å². The molecule has 1 atom stereocenters. The van der Waals surface area contributed by atoms with Gasteiger partial charge in [-0.05, 0) is 36.6 Å². The molecule has 4 rings (SSSR count). The number of rotatable bonds is 3. The number of carbonyl (C=O) groups is 1. The first-order valence-electron chi connectivity index (χ1n) is 8.43. The Morgan fingerprint density at radius 1 is 1.28 bits per heavy atom. The van der Waals surface area contributed by atoms with E-state index in [2.05, 4.69) is 4.98 Å². The highest BCUT2D eigenvalue weighted by molar-refractivity contribution is 6.33. The number of aryl methyl sites for hydroxylation is 1. The predicted molar refractivity (Wildman–Crippen MR) is 97.7 cm³/mol. The zero-order valence-corrected chi connectivity index (χ0v) is 14.8. The van der Waals surface area contributed by atoms with E-state index in [1.165, 1.54) is 0 Å². The zero-order chi connectivity index (χ0) is 17.4. The fraction of sp³-hybridized carbons (Fsp3) is 0.316. The van der Waals surface area contributed by atoms with Crippen molar-refractivity contribution in [3.8, 4) is 0 Å². The van der Waals surface area contributed by atoms with E-state index >= 15 is 0 Å². The molecule has 0 spiro atoms. The number of benzene rings is 1. The molecule has 2 aromatic heterocycles. The molecule has 1 amide bonds. The average molecular weight is 355 g/mol. The van der Waals surface area contributed by atoms with E-state index in [1.54, 1.807) is 18.3 Å². The first kappa shape index (κ1) is 16.1. The summed E-state index contributed by atoms with van der Waals surface area (Å²) >= 11 is 6.16. The van der Waals surface area contributed by atoms with Crippen LogP contribution in [0.1, 0.15) is 22.6 Å². The lowest BCUT2D eigenvalue weighted by Gasteiger charge is -2.17. The van der Waals surface area contributed by atoms with E-state index in [-0.39, 0.29) is 5.91 Å². The van der Waals surface area contributed by atoms with Gasteiger partial charge in [0.25, 0.3) is 5.91 Å². The fourth-order valence-electron chi connectivity index (χ4n) is 3.50. The number of carbonyl (C=O) groups excluding carboxylic acids is 1. The second-order valence-electron chi connectivity index (χ2n) is 6.52. The van der Waals surface area contributed by atoms with Crippen LogP contribution in [0.25, 0.3) is 11.2 Å². The molecule has 0 bridgehead atoms. The molecule has 0 aliphatic carbocycles. The van der Waals surface area contributed by atoms with Gasteiger partial charge in [0.15, 0.2) is 5.65 Å². The number of nitrogens with zero attached hydrogens (tertiary/aromatic N) is 4. The van der Waals surface area contributed by atoms with Crippen molar-refractivity contribution in [1.82, 2.24) is 19.4 Å². The molecule has 0 saturated carbocycles. The summed E-state index contributed by atoms with van der Waals surface area (Å²) in [6.45, 7) is 1.50. The Kier molecular flexibility index (Phi) is 4.17. The van der Waals surface area contributed by atoms with Crippen molar-refractivity contribution in [2.45, 2.75) is 12.8 Å². The highest BCUT2D eigenvalue weighted by atomic mass is 35.5. The van der Waals surface area contributed by atoms with Crippen LogP contribution in [0.3, 0.4) is 0 Å². The zero-order valence-electron chi connectivity index (χ0n) is 14.0. The third-order valence-corrected chi connectivity index (χ3v) is 5.20. The number of hydrogen-bond acceptors (Lipinski definition) is 3. The van der Waals surface area contributed by atoms with Gasteiger partial charge in [-0.2, -0.15) is 0 Å². The average Bonchev–Trinajstić information content (AvgIpc) is 3.21. The smallest absolute Gasteiger partial charge is 0.255 e. The molecule has 3 aromatic rings. The van der Waals surface area contributed by atoms with Crippen molar-refractivity contribution in [2.75, 3.05) is 13.1 Å². The molecule has 25 heavy (non-hydrogen) atoms. The molecule has 1 aromatic carbocycles. The van der Waals surface area contributed by atoms with Gasteiger partial charge in [0.1, 0.15) is 11.3 Å². The van der Waals surface area contributed by atoms with Crippen molar-refractivity contribution < 1.29 is 4.79 Å². The van der Waals surface area contributed by atoms with Gasteiger partial charge in [-0.3, -0.25) is 4.79 Å². The van der Waals surface area contributed by atoms with Crippen LogP contribution in [-0.4, -0.2) is 38.4 Å². The lowest BCUT2D eigenvalue weighted by molar-refractivity contribution is 0.0787.